The lowest BCUT2D eigenvalue weighted by Crippen LogP contribution is -2.41. The fourth-order valence-electron chi connectivity index (χ4n) is 2.32. The number of rotatable bonds is 3. The Morgan fingerprint density at radius 2 is 2.20 bits per heavy atom. The average Bonchev–Trinajstić information content (AvgIpc) is 2.68. The largest absolute Gasteiger partial charge is 0.340 e. The van der Waals surface area contributed by atoms with Gasteiger partial charge in [0.1, 0.15) is 0 Å². The van der Waals surface area contributed by atoms with Crippen molar-refractivity contribution in [2.24, 2.45) is 0 Å². The molecule has 1 amide bonds. The van der Waals surface area contributed by atoms with Crippen LogP contribution >= 0.6 is 12.4 Å². The molecule has 1 saturated heterocycles. The Bertz CT molecular complexity index is 482. The molecule has 1 aromatic carbocycles. The molecule has 3 nitrogen and oxygen atoms in total. The van der Waals surface area contributed by atoms with Crippen molar-refractivity contribution in [1.82, 2.24) is 10.2 Å². The van der Waals surface area contributed by atoms with Gasteiger partial charge in [0.2, 0.25) is 5.91 Å². The molecule has 1 N–H and O–H groups in total. The highest BCUT2D eigenvalue weighted by Crippen LogP contribution is 2.26. The predicted octanol–water partition coefficient (Wildman–Crippen LogP) is 2.37. The van der Waals surface area contributed by atoms with Gasteiger partial charge in [-0.25, -0.2) is 8.78 Å². The van der Waals surface area contributed by atoms with E-state index < -0.39 is 24.9 Å². The molecule has 0 aliphatic carbocycles. The second-order valence-corrected chi connectivity index (χ2v) is 5.18. The van der Waals surface area contributed by atoms with Crippen molar-refractivity contribution in [3.8, 4) is 0 Å². The maximum absolute atomic E-state index is 13.1. The number of likely N-dealkylation sites (N-methyl/N-ethyl adjacent to an activating group) is 1. The van der Waals surface area contributed by atoms with Crippen LogP contribution in [-0.2, 0) is 11.3 Å². The van der Waals surface area contributed by atoms with Crippen molar-refractivity contribution in [1.29, 1.82) is 0 Å². The molecular weight excluding hydrogens is 286 g/mol. The van der Waals surface area contributed by atoms with E-state index >= 15 is 0 Å². The molecule has 1 atom stereocenters. The van der Waals surface area contributed by atoms with E-state index in [-0.39, 0.29) is 18.3 Å². The van der Waals surface area contributed by atoms with Gasteiger partial charge in [-0.15, -0.1) is 12.4 Å². The summed E-state index contributed by atoms with van der Waals surface area (Å²) in [7, 11) is 1.64. The number of hydrogen-bond donors (Lipinski definition) is 1. The van der Waals surface area contributed by atoms with Crippen LogP contribution in [0.15, 0.2) is 24.3 Å². The summed E-state index contributed by atoms with van der Waals surface area (Å²) in [6.07, 6.45) is -0.413. The molecule has 20 heavy (non-hydrogen) atoms. The summed E-state index contributed by atoms with van der Waals surface area (Å²) in [6.45, 7) is 2.00. The summed E-state index contributed by atoms with van der Waals surface area (Å²) in [5.41, 5.74) is 2.12. The van der Waals surface area contributed by atoms with E-state index in [0.717, 1.165) is 11.1 Å². The predicted molar refractivity (Wildman–Crippen MR) is 76.3 cm³/mol. The Kier molecular flexibility index (Phi) is 5.48. The number of halogens is 3. The average molecular weight is 305 g/mol. The molecule has 1 aliphatic heterocycles. The molecule has 0 spiro atoms. The maximum atomic E-state index is 13.1. The van der Waals surface area contributed by atoms with Gasteiger partial charge in [-0.1, -0.05) is 29.8 Å². The van der Waals surface area contributed by atoms with Gasteiger partial charge in [0.25, 0.3) is 5.92 Å². The maximum Gasteiger partial charge on any atom is 0.262 e. The Morgan fingerprint density at radius 1 is 1.50 bits per heavy atom. The van der Waals surface area contributed by atoms with Crippen molar-refractivity contribution in [2.75, 3.05) is 13.6 Å². The molecule has 1 unspecified atom stereocenters. The quantitative estimate of drug-likeness (QED) is 0.930. The highest BCUT2D eigenvalue weighted by molar-refractivity contribution is 5.85. The number of nitrogens with zero attached hydrogens (tertiary/aromatic N) is 1. The number of benzene rings is 1. The third-order valence-corrected chi connectivity index (χ3v) is 3.29. The van der Waals surface area contributed by atoms with E-state index in [0.29, 0.717) is 6.54 Å². The molecular formula is C14H19ClF2N2O. The van der Waals surface area contributed by atoms with Gasteiger partial charge in [0.15, 0.2) is 0 Å². The molecule has 1 aliphatic rings. The van der Waals surface area contributed by atoms with Crippen LogP contribution in [0.25, 0.3) is 0 Å². The Balaban J connectivity index is 0.00000200. The molecule has 1 aromatic rings. The van der Waals surface area contributed by atoms with Crippen LogP contribution < -0.4 is 5.32 Å². The normalized spacial score (nSPS) is 20.3. The van der Waals surface area contributed by atoms with Crippen molar-refractivity contribution < 1.29 is 13.6 Å². The standard InChI is InChI=1S/C14H18F2N2O.ClH/c1-10-4-3-5-11(6-10)8-18(2)13(19)12-7-14(15,16)9-17-12;/h3-6,12,17H,7-9H2,1-2H3;1H. The van der Waals surface area contributed by atoms with E-state index in [4.69, 9.17) is 0 Å². The van der Waals surface area contributed by atoms with Crippen LogP contribution in [0.5, 0.6) is 0 Å². The number of amides is 1. The van der Waals surface area contributed by atoms with Crippen LogP contribution in [-0.4, -0.2) is 36.4 Å². The summed E-state index contributed by atoms with van der Waals surface area (Å²) in [4.78, 5) is 13.5. The molecule has 1 fully saturated rings. The zero-order valence-electron chi connectivity index (χ0n) is 11.5. The lowest BCUT2D eigenvalue weighted by atomic mass is 10.1. The Hall–Kier alpha value is -1.20. The van der Waals surface area contributed by atoms with Gasteiger partial charge in [-0.2, -0.15) is 0 Å². The molecule has 0 radical (unpaired) electrons. The number of carbonyl (C=O) groups excluding carboxylic acids is 1. The monoisotopic (exact) mass is 304 g/mol. The van der Waals surface area contributed by atoms with Gasteiger partial charge in [-0.3, -0.25) is 10.1 Å². The van der Waals surface area contributed by atoms with E-state index in [9.17, 15) is 13.6 Å². The number of hydrogen-bond acceptors (Lipinski definition) is 2. The van der Waals surface area contributed by atoms with Crippen LogP contribution in [0.2, 0.25) is 0 Å². The fraction of sp³-hybridized carbons (Fsp3) is 0.500. The second kappa shape index (κ2) is 6.50. The fourth-order valence-corrected chi connectivity index (χ4v) is 2.32. The highest BCUT2D eigenvalue weighted by atomic mass is 35.5. The van der Waals surface area contributed by atoms with Crippen LogP contribution in [0.1, 0.15) is 17.5 Å². The number of alkyl halides is 2. The van der Waals surface area contributed by atoms with E-state index in [2.05, 4.69) is 5.32 Å². The first kappa shape index (κ1) is 16.9. The summed E-state index contributed by atoms with van der Waals surface area (Å²) in [5.74, 6) is -3.05. The van der Waals surface area contributed by atoms with Crippen LogP contribution in [0.3, 0.4) is 0 Å². The van der Waals surface area contributed by atoms with Crippen molar-refractivity contribution >= 4 is 18.3 Å². The number of nitrogens with one attached hydrogen (secondary N) is 1. The number of carbonyl (C=O) groups is 1. The van der Waals surface area contributed by atoms with Crippen molar-refractivity contribution in [3.63, 3.8) is 0 Å². The highest BCUT2D eigenvalue weighted by Gasteiger charge is 2.43. The Morgan fingerprint density at radius 3 is 2.75 bits per heavy atom. The van der Waals surface area contributed by atoms with Gasteiger partial charge in [-0.05, 0) is 12.5 Å². The van der Waals surface area contributed by atoms with Crippen molar-refractivity contribution in [2.45, 2.75) is 31.9 Å². The first-order valence-electron chi connectivity index (χ1n) is 6.29. The summed E-state index contributed by atoms with van der Waals surface area (Å²) in [6, 6.07) is 7.04. The van der Waals surface area contributed by atoms with E-state index in [1.165, 1.54) is 4.90 Å². The van der Waals surface area contributed by atoms with Gasteiger partial charge >= 0.3 is 0 Å². The zero-order valence-corrected chi connectivity index (χ0v) is 12.3. The molecule has 0 bridgehead atoms. The number of aryl methyl sites for hydroxylation is 1. The smallest absolute Gasteiger partial charge is 0.262 e. The van der Waals surface area contributed by atoms with Gasteiger partial charge in [0.05, 0.1) is 12.6 Å². The van der Waals surface area contributed by atoms with Gasteiger partial charge in [0, 0.05) is 20.0 Å². The summed E-state index contributed by atoms with van der Waals surface area (Å²) >= 11 is 0. The van der Waals surface area contributed by atoms with E-state index in [1.807, 2.05) is 31.2 Å². The lowest BCUT2D eigenvalue weighted by molar-refractivity contribution is -0.132. The molecule has 1 heterocycles. The zero-order chi connectivity index (χ0) is 14.0. The minimum Gasteiger partial charge on any atom is -0.340 e. The Labute approximate surface area is 123 Å². The van der Waals surface area contributed by atoms with Gasteiger partial charge < -0.3 is 4.90 Å². The summed E-state index contributed by atoms with van der Waals surface area (Å²) in [5, 5.41) is 2.58. The van der Waals surface area contributed by atoms with Crippen LogP contribution in [0, 0.1) is 6.92 Å². The lowest BCUT2D eigenvalue weighted by Gasteiger charge is -2.21. The topological polar surface area (TPSA) is 32.3 Å². The molecule has 0 saturated carbocycles. The van der Waals surface area contributed by atoms with E-state index in [1.54, 1.807) is 7.05 Å². The first-order chi connectivity index (χ1) is 8.87. The minimum absolute atomic E-state index is 0. The first-order valence-corrected chi connectivity index (χ1v) is 6.29. The minimum atomic E-state index is -2.77. The van der Waals surface area contributed by atoms with Crippen LogP contribution in [0.4, 0.5) is 8.78 Å². The summed E-state index contributed by atoms with van der Waals surface area (Å²) < 4.78 is 26.1. The SMILES string of the molecule is Cc1cccc(CN(C)C(=O)C2CC(F)(F)CN2)c1.Cl. The van der Waals surface area contributed by atoms with Crippen molar-refractivity contribution in [3.05, 3.63) is 35.4 Å². The molecule has 112 valence electrons. The molecule has 6 heteroatoms. The molecule has 0 aromatic heterocycles. The second-order valence-electron chi connectivity index (χ2n) is 5.18. The third-order valence-electron chi connectivity index (χ3n) is 3.29. The third kappa shape index (κ3) is 4.15. The molecule has 2 rings (SSSR count).